The number of hydrogen-bond acceptors (Lipinski definition) is 3. The van der Waals surface area contributed by atoms with Crippen molar-refractivity contribution >= 4 is 22.9 Å². The van der Waals surface area contributed by atoms with Gasteiger partial charge in [-0.05, 0) is 31.7 Å². The Kier molecular flexibility index (Phi) is 4.15. The quantitative estimate of drug-likeness (QED) is 0.857. The highest BCUT2D eigenvalue weighted by molar-refractivity contribution is 7.12. The number of carbonyl (C=O) groups excluding carboxylic acids is 1. The molecule has 0 aliphatic carbocycles. The van der Waals surface area contributed by atoms with Crippen LogP contribution in [-0.4, -0.2) is 23.4 Å². The first-order chi connectivity index (χ1) is 7.11. The Morgan fingerprint density at radius 3 is 2.67 bits per heavy atom. The molecule has 1 unspecified atom stereocenters. The Bertz CT molecular complexity index is 335. The van der Waals surface area contributed by atoms with E-state index in [-0.39, 0.29) is 11.9 Å². The maximum absolute atomic E-state index is 12.1. The highest BCUT2D eigenvalue weighted by atomic mass is 32.1. The zero-order valence-electron chi connectivity index (χ0n) is 9.49. The molecule has 84 valence electrons. The van der Waals surface area contributed by atoms with Gasteiger partial charge in [0.2, 0.25) is 0 Å². The van der Waals surface area contributed by atoms with Crippen molar-refractivity contribution in [3.8, 4) is 0 Å². The molecule has 0 saturated carbocycles. The zero-order valence-corrected chi connectivity index (χ0v) is 10.3. The molecule has 1 rings (SSSR count). The summed E-state index contributed by atoms with van der Waals surface area (Å²) in [7, 11) is 0. The van der Waals surface area contributed by atoms with E-state index in [2.05, 4.69) is 13.8 Å². The average molecular weight is 226 g/mol. The lowest BCUT2D eigenvalue weighted by atomic mass is 10.2. The van der Waals surface area contributed by atoms with E-state index in [1.54, 1.807) is 6.07 Å². The van der Waals surface area contributed by atoms with Crippen LogP contribution >= 0.6 is 11.3 Å². The summed E-state index contributed by atoms with van der Waals surface area (Å²) in [6.45, 7) is 6.86. The molecule has 0 aromatic carbocycles. The maximum atomic E-state index is 12.1. The second-order valence-electron chi connectivity index (χ2n) is 3.55. The standard InChI is InChI=1S/C11H18N2OS/c1-4-8(3)13(5-2)11(14)10-9(12)6-7-15-10/h6-8H,4-5,12H2,1-3H3. The molecule has 4 heteroatoms. The summed E-state index contributed by atoms with van der Waals surface area (Å²) in [6, 6.07) is 2.05. The van der Waals surface area contributed by atoms with Gasteiger partial charge < -0.3 is 10.6 Å². The SMILES string of the molecule is CCC(C)N(CC)C(=O)c1sccc1N. The minimum atomic E-state index is 0.0550. The van der Waals surface area contributed by atoms with Crippen LogP contribution in [0.15, 0.2) is 11.4 Å². The van der Waals surface area contributed by atoms with E-state index in [0.717, 1.165) is 13.0 Å². The molecule has 1 atom stereocenters. The predicted octanol–water partition coefficient (Wildman–Crippen LogP) is 2.59. The van der Waals surface area contributed by atoms with E-state index >= 15 is 0 Å². The molecule has 3 nitrogen and oxygen atoms in total. The Morgan fingerprint density at radius 2 is 2.27 bits per heavy atom. The van der Waals surface area contributed by atoms with E-state index in [9.17, 15) is 4.79 Å². The molecule has 1 aromatic rings. The lowest BCUT2D eigenvalue weighted by molar-refractivity contribution is 0.0706. The first-order valence-corrected chi connectivity index (χ1v) is 6.13. The summed E-state index contributed by atoms with van der Waals surface area (Å²) in [5.74, 6) is 0.0550. The molecule has 1 aromatic heterocycles. The number of nitrogen functional groups attached to an aromatic ring is 1. The van der Waals surface area contributed by atoms with Gasteiger partial charge in [-0.2, -0.15) is 0 Å². The number of carbonyl (C=O) groups is 1. The van der Waals surface area contributed by atoms with Crippen LogP contribution in [0.2, 0.25) is 0 Å². The van der Waals surface area contributed by atoms with E-state index in [1.165, 1.54) is 11.3 Å². The summed E-state index contributed by atoms with van der Waals surface area (Å²) in [5.41, 5.74) is 6.33. The zero-order chi connectivity index (χ0) is 11.4. The lowest BCUT2D eigenvalue weighted by Gasteiger charge is -2.26. The van der Waals surface area contributed by atoms with Crippen LogP contribution in [0.3, 0.4) is 0 Å². The van der Waals surface area contributed by atoms with Gasteiger partial charge in [-0.3, -0.25) is 4.79 Å². The van der Waals surface area contributed by atoms with Gasteiger partial charge in [0.1, 0.15) is 4.88 Å². The molecular weight excluding hydrogens is 208 g/mol. The van der Waals surface area contributed by atoms with E-state index < -0.39 is 0 Å². The van der Waals surface area contributed by atoms with Crippen LogP contribution in [0.4, 0.5) is 5.69 Å². The van der Waals surface area contributed by atoms with Crippen LogP contribution in [0.5, 0.6) is 0 Å². The van der Waals surface area contributed by atoms with Crippen LogP contribution < -0.4 is 5.73 Å². The minimum absolute atomic E-state index is 0.0550. The Morgan fingerprint density at radius 1 is 1.60 bits per heavy atom. The average Bonchev–Trinajstić information content (AvgIpc) is 2.65. The molecular formula is C11H18N2OS. The Labute approximate surface area is 94.9 Å². The lowest BCUT2D eigenvalue weighted by Crippen LogP contribution is -2.37. The largest absolute Gasteiger partial charge is 0.397 e. The first-order valence-electron chi connectivity index (χ1n) is 5.25. The summed E-state index contributed by atoms with van der Waals surface area (Å²) in [6.07, 6.45) is 0.963. The van der Waals surface area contributed by atoms with Crippen molar-refractivity contribution in [3.63, 3.8) is 0 Å². The number of nitrogens with two attached hydrogens (primary N) is 1. The van der Waals surface area contributed by atoms with Gasteiger partial charge in [0, 0.05) is 12.6 Å². The summed E-state index contributed by atoms with van der Waals surface area (Å²) >= 11 is 1.41. The van der Waals surface area contributed by atoms with Crippen molar-refractivity contribution in [1.82, 2.24) is 4.90 Å². The van der Waals surface area contributed by atoms with Crippen molar-refractivity contribution in [1.29, 1.82) is 0 Å². The molecule has 0 spiro atoms. The summed E-state index contributed by atoms with van der Waals surface area (Å²) in [4.78, 5) is 14.6. The van der Waals surface area contributed by atoms with Gasteiger partial charge in [0.15, 0.2) is 0 Å². The minimum Gasteiger partial charge on any atom is -0.397 e. The molecule has 2 N–H and O–H groups in total. The second-order valence-corrected chi connectivity index (χ2v) is 4.47. The van der Waals surface area contributed by atoms with Gasteiger partial charge in [-0.1, -0.05) is 6.92 Å². The number of thiophene rings is 1. The van der Waals surface area contributed by atoms with Crippen LogP contribution in [-0.2, 0) is 0 Å². The van der Waals surface area contributed by atoms with Crippen LogP contribution in [0, 0.1) is 0 Å². The number of rotatable bonds is 4. The van der Waals surface area contributed by atoms with E-state index in [4.69, 9.17) is 5.73 Å². The topological polar surface area (TPSA) is 46.3 Å². The molecule has 15 heavy (non-hydrogen) atoms. The maximum Gasteiger partial charge on any atom is 0.266 e. The molecule has 1 heterocycles. The van der Waals surface area contributed by atoms with Crippen molar-refractivity contribution in [2.75, 3.05) is 12.3 Å². The van der Waals surface area contributed by atoms with Gasteiger partial charge in [0.05, 0.1) is 5.69 Å². The first kappa shape index (κ1) is 12.0. The van der Waals surface area contributed by atoms with Crippen LogP contribution in [0.25, 0.3) is 0 Å². The normalized spacial score (nSPS) is 12.5. The third-order valence-electron chi connectivity index (χ3n) is 2.61. The smallest absolute Gasteiger partial charge is 0.266 e. The molecule has 0 radical (unpaired) electrons. The number of amides is 1. The molecule has 0 bridgehead atoms. The fourth-order valence-electron chi connectivity index (χ4n) is 1.50. The number of hydrogen-bond donors (Lipinski definition) is 1. The summed E-state index contributed by atoms with van der Waals surface area (Å²) < 4.78 is 0. The van der Waals surface area contributed by atoms with Crippen molar-refractivity contribution in [3.05, 3.63) is 16.3 Å². The third-order valence-corrected chi connectivity index (χ3v) is 3.53. The fraction of sp³-hybridized carbons (Fsp3) is 0.545. The Balaban J connectivity index is 2.87. The predicted molar refractivity (Wildman–Crippen MR) is 65.2 cm³/mol. The van der Waals surface area contributed by atoms with Gasteiger partial charge in [-0.15, -0.1) is 11.3 Å². The van der Waals surface area contributed by atoms with Gasteiger partial charge in [-0.25, -0.2) is 0 Å². The third kappa shape index (κ3) is 2.50. The molecule has 0 aliphatic rings. The van der Waals surface area contributed by atoms with Crippen molar-refractivity contribution in [2.45, 2.75) is 33.2 Å². The molecule has 0 aliphatic heterocycles. The molecule has 1 amide bonds. The van der Waals surface area contributed by atoms with Crippen molar-refractivity contribution < 1.29 is 4.79 Å². The number of nitrogens with zero attached hydrogens (tertiary/aromatic N) is 1. The molecule has 0 fully saturated rings. The second kappa shape index (κ2) is 5.16. The van der Waals surface area contributed by atoms with E-state index in [0.29, 0.717) is 10.6 Å². The van der Waals surface area contributed by atoms with Gasteiger partial charge in [0.25, 0.3) is 5.91 Å². The monoisotopic (exact) mass is 226 g/mol. The highest BCUT2D eigenvalue weighted by Gasteiger charge is 2.21. The van der Waals surface area contributed by atoms with E-state index in [1.807, 2.05) is 17.2 Å². The van der Waals surface area contributed by atoms with Crippen molar-refractivity contribution in [2.24, 2.45) is 0 Å². The molecule has 0 saturated heterocycles. The fourth-order valence-corrected chi connectivity index (χ4v) is 2.27. The summed E-state index contributed by atoms with van der Waals surface area (Å²) in [5, 5.41) is 1.85. The Hall–Kier alpha value is -1.03. The highest BCUT2D eigenvalue weighted by Crippen LogP contribution is 2.22. The van der Waals surface area contributed by atoms with Gasteiger partial charge >= 0.3 is 0 Å². The number of anilines is 1. The van der Waals surface area contributed by atoms with Crippen LogP contribution in [0.1, 0.15) is 36.9 Å².